The van der Waals surface area contributed by atoms with E-state index in [2.05, 4.69) is 16.3 Å². The van der Waals surface area contributed by atoms with Gasteiger partial charge in [-0.15, -0.1) is 0 Å². The fraction of sp³-hybridized carbons (Fsp3) is 0.353. The molecular weight excluding hydrogens is 604 g/mol. The number of benzene rings is 3. The number of nitriles is 1. The number of piperidine rings is 1. The second kappa shape index (κ2) is 14.6. The van der Waals surface area contributed by atoms with E-state index in [-0.39, 0.29) is 37.2 Å². The molecule has 0 bridgehead atoms. The van der Waals surface area contributed by atoms with Gasteiger partial charge in [0.05, 0.1) is 39.9 Å². The second-order valence-corrected chi connectivity index (χ2v) is 13.2. The average Bonchev–Trinajstić information content (AvgIpc) is 3.39. The summed E-state index contributed by atoms with van der Waals surface area (Å²) in [6, 6.07) is 23.0. The maximum absolute atomic E-state index is 14.1. The number of nitrogens with one attached hydrogen (secondary N) is 1. The highest BCUT2D eigenvalue weighted by atomic mass is 32.2. The van der Waals surface area contributed by atoms with E-state index in [4.69, 9.17) is 9.72 Å². The van der Waals surface area contributed by atoms with E-state index in [1.54, 1.807) is 72.2 Å². The van der Waals surface area contributed by atoms with Gasteiger partial charge in [-0.3, -0.25) is 13.9 Å². The third kappa shape index (κ3) is 7.55. The van der Waals surface area contributed by atoms with Gasteiger partial charge in [0.25, 0.3) is 10.0 Å². The van der Waals surface area contributed by atoms with Crippen molar-refractivity contribution in [2.75, 3.05) is 37.6 Å². The van der Waals surface area contributed by atoms with Crippen molar-refractivity contribution in [3.8, 4) is 6.07 Å². The van der Waals surface area contributed by atoms with Crippen LogP contribution in [0.2, 0.25) is 0 Å². The number of sulfonamides is 1. The minimum Gasteiger partial charge on any atom is -0.465 e. The van der Waals surface area contributed by atoms with Crippen LogP contribution in [0.3, 0.4) is 0 Å². The van der Waals surface area contributed by atoms with E-state index in [9.17, 15) is 23.3 Å². The Balaban J connectivity index is 1.54. The van der Waals surface area contributed by atoms with Crippen LogP contribution in [-0.2, 0) is 37.3 Å². The lowest BCUT2D eigenvalue weighted by molar-refractivity contribution is -0.143. The Hall–Kier alpha value is -4.73. The highest BCUT2D eigenvalue weighted by molar-refractivity contribution is 7.92. The van der Waals surface area contributed by atoms with Gasteiger partial charge in [0.2, 0.25) is 5.91 Å². The Bertz CT molecular complexity index is 1830. The van der Waals surface area contributed by atoms with Gasteiger partial charge < -0.3 is 19.5 Å². The molecular formula is C34H38N6O5S. The van der Waals surface area contributed by atoms with E-state index in [0.717, 1.165) is 31.4 Å². The molecule has 1 N–H and O–H groups in total. The van der Waals surface area contributed by atoms with Crippen LogP contribution in [0.4, 0.5) is 5.69 Å². The molecule has 0 aliphatic carbocycles. The molecule has 3 aromatic carbocycles. The van der Waals surface area contributed by atoms with Gasteiger partial charge in [0.1, 0.15) is 18.9 Å². The monoisotopic (exact) mass is 642 g/mol. The number of amides is 1. The molecule has 1 aromatic heterocycles. The Labute approximate surface area is 269 Å². The molecule has 46 heavy (non-hydrogen) atoms. The first-order chi connectivity index (χ1) is 22.2. The molecule has 1 aliphatic rings. The quantitative estimate of drug-likeness (QED) is 0.230. The number of nitrogens with zero attached hydrogens (tertiary/aromatic N) is 5. The molecule has 1 unspecified atom stereocenters. The standard InChI is InChI=1S/C34H38N6O5S/c1-3-45-34(42)22-36-33(41)24-39-31-17-16-27(20-30(31)37-32(39)19-25-12-14-26(21-35)15-13-25)40(23-28-9-7-8-18-38(28)2)46(43,44)29-10-5-4-6-11-29/h4-6,10-17,20,28H,3,7-9,18-19,22-24H2,1-2H3,(H,36,41). The van der Waals surface area contributed by atoms with Crippen LogP contribution in [0.25, 0.3) is 11.0 Å². The minimum absolute atomic E-state index is 0.0514. The van der Waals surface area contributed by atoms with E-state index in [1.807, 2.05) is 19.2 Å². The molecule has 1 saturated heterocycles. The van der Waals surface area contributed by atoms with Crippen LogP contribution in [0, 0.1) is 11.3 Å². The van der Waals surface area contributed by atoms with Gasteiger partial charge in [-0.1, -0.05) is 36.8 Å². The minimum atomic E-state index is -3.91. The maximum atomic E-state index is 14.1. The number of rotatable bonds is 12. The highest BCUT2D eigenvalue weighted by Gasteiger charge is 2.31. The number of likely N-dealkylation sites (N-methyl/N-ethyl adjacent to an activating group) is 1. The molecule has 1 aliphatic heterocycles. The lowest BCUT2D eigenvalue weighted by Gasteiger charge is -2.36. The van der Waals surface area contributed by atoms with E-state index in [1.165, 1.54) is 4.31 Å². The first kappa shape index (κ1) is 32.7. The fourth-order valence-electron chi connectivity index (χ4n) is 5.72. The molecule has 0 saturated carbocycles. The molecule has 1 fully saturated rings. The summed E-state index contributed by atoms with van der Waals surface area (Å²) in [5.41, 5.74) is 3.08. The Morgan fingerprint density at radius 1 is 1.09 bits per heavy atom. The van der Waals surface area contributed by atoms with Crippen molar-refractivity contribution in [1.82, 2.24) is 19.8 Å². The summed E-state index contributed by atoms with van der Waals surface area (Å²) in [5, 5.41) is 11.8. The molecule has 2 heterocycles. The van der Waals surface area contributed by atoms with Crippen LogP contribution in [-0.4, -0.2) is 74.1 Å². The number of aromatic nitrogens is 2. The topological polar surface area (TPSA) is 138 Å². The Kier molecular flexibility index (Phi) is 10.3. The van der Waals surface area contributed by atoms with E-state index in [0.29, 0.717) is 34.5 Å². The van der Waals surface area contributed by atoms with E-state index >= 15 is 0 Å². The predicted octanol–water partition coefficient (Wildman–Crippen LogP) is 3.86. The van der Waals surface area contributed by atoms with Crippen molar-refractivity contribution >= 4 is 38.6 Å². The number of likely N-dealkylation sites (tertiary alicyclic amines) is 1. The van der Waals surface area contributed by atoms with Gasteiger partial charge in [-0.05, 0) is 81.4 Å². The number of hydrogen-bond donors (Lipinski definition) is 1. The van der Waals surface area contributed by atoms with Gasteiger partial charge in [0.15, 0.2) is 0 Å². The van der Waals surface area contributed by atoms with Crippen LogP contribution in [0.1, 0.15) is 43.1 Å². The molecule has 1 atom stereocenters. The number of carbonyl (C=O) groups is 2. The summed E-state index contributed by atoms with van der Waals surface area (Å²) in [6.45, 7) is 2.74. The molecule has 5 rings (SSSR count). The van der Waals surface area contributed by atoms with Crippen LogP contribution >= 0.6 is 0 Å². The number of anilines is 1. The molecule has 4 aromatic rings. The number of hydrogen-bond acceptors (Lipinski definition) is 8. The zero-order valence-electron chi connectivity index (χ0n) is 26.1. The van der Waals surface area contributed by atoms with Crippen molar-refractivity contribution in [3.05, 3.63) is 89.7 Å². The summed E-state index contributed by atoms with van der Waals surface area (Å²) in [6.07, 6.45) is 3.37. The first-order valence-electron chi connectivity index (χ1n) is 15.4. The summed E-state index contributed by atoms with van der Waals surface area (Å²) in [7, 11) is -1.87. The lowest BCUT2D eigenvalue weighted by atomic mass is 10.0. The molecule has 11 nitrogen and oxygen atoms in total. The number of imidazole rings is 1. The molecule has 0 radical (unpaired) electrons. The van der Waals surface area contributed by atoms with Crippen molar-refractivity contribution in [2.24, 2.45) is 0 Å². The number of ether oxygens (including phenoxy) is 1. The second-order valence-electron chi connectivity index (χ2n) is 11.3. The SMILES string of the molecule is CCOC(=O)CNC(=O)Cn1c(Cc2ccc(C#N)cc2)nc2cc(N(CC3CCCCN3C)S(=O)(=O)c3ccccc3)ccc21. The Morgan fingerprint density at radius 3 is 2.54 bits per heavy atom. The van der Waals surface area contributed by atoms with E-state index < -0.39 is 21.9 Å². The third-order valence-electron chi connectivity index (χ3n) is 8.21. The predicted molar refractivity (Wildman–Crippen MR) is 175 cm³/mol. The van der Waals surface area contributed by atoms with Crippen LogP contribution in [0.5, 0.6) is 0 Å². The Morgan fingerprint density at radius 2 is 1.85 bits per heavy atom. The highest BCUT2D eigenvalue weighted by Crippen LogP contribution is 2.30. The van der Waals surface area contributed by atoms with Crippen molar-refractivity contribution in [1.29, 1.82) is 5.26 Å². The van der Waals surface area contributed by atoms with Crippen molar-refractivity contribution < 1.29 is 22.7 Å². The number of carbonyl (C=O) groups excluding carboxylic acids is 2. The lowest BCUT2D eigenvalue weighted by Crippen LogP contribution is -2.46. The average molecular weight is 643 g/mol. The molecule has 1 amide bonds. The first-order valence-corrected chi connectivity index (χ1v) is 16.8. The molecule has 0 spiro atoms. The van der Waals surface area contributed by atoms with Gasteiger partial charge in [0, 0.05) is 19.0 Å². The van der Waals surface area contributed by atoms with Gasteiger partial charge in [-0.2, -0.15) is 5.26 Å². The summed E-state index contributed by atoms with van der Waals surface area (Å²) < 4.78 is 36.4. The largest absolute Gasteiger partial charge is 0.465 e. The fourth-order valence-corrected chi connectivity index (χ4v) is 7.24. The zero-order chi connectivity index (χ0) is 32.7. The smallest absolute Gasteiger partial charge is 0.325 e. The third-order valence-corrected chi connectivity index (χ3v) is 10.0. The van der Waals surface area contributed by atoms with Gasteiger partial charge >= 0.3 is 5.97 Å². The number of fused-ring (bicyclic) bond motifs is 1. The molecule has 240 valence electrons. The normalized spacial score (nSPS) is 15.3. The van der Waals surface area contributed by atoms with Crippen LogP contribution < -0.4 is 9.62 Å². The summed E-state index contributed by atoms with van der Waals surface area (Å²) >= 11 is 0. The zero-order valence-corrected chi connectivity index (χ0v) is 26.9. The van der Waals surface area contributed by atoms with Crippen molar-refractivity contribution in [3.63, 3.8) is 0 Å². The van der Waals surface area contributed by atoms with Crippen molar-refractivity contribution in [2.45, 2.75) is 50.1 Å². The maximum Gasteiger partial charge on any atom is 0.325 e. The summed E-state index contributed by atoms with van der Waals surface area (Å²) in [5.74, 6) is -0.351. The van der Waals surface area contributed by atoms with Gasteiger partial charge in [-0.25, -0.2) is 13.4 Å². The van der Waals surface area contributed by atoms with Crippen LogP contribution in [0.15, 0.2) is 77.7 Å². The number of esters is 1. The molecule has 12 heteroatoms. The summed E-state index contributed by atoms with van der Waals surface area (Å²) in [4.78, 5) is 32.1.